The summed E-state index contributed by atoms with van der Waals surface area (Å²) in [6.07, 6.45) is 0.680. The Balaban J connectivity index is 1.95. The first-order valence-electron chi connectivity index (χ1n) is 9.08. The van der Waals surface area contributed by atoms with Crippen LogP contribution in [0.15, 0.2) is 48.5 Å². The normalized spacial score (nSPS) is 16.2. The van der Waals surface area contributed by atoms with Crippen LogP contribution in [0.3, 0.4) is 0 Å². The van der Waals surface area contributed by atoms with Crippen LogP contribution in [0.5, 0.6) is 11.5 Å². The first-order valence-corrected chi connectivity index (χ1v) is 10.6. The molecule has 0 amide bonds. The Morgan fingerprint density at radius 3 is 2.34 bits per heavy atom. The van der Waals surface area contributed by atoms with Crippen molar-refractivity contribution < 1.29 is 26.9 Å². The number of carbonyl (C=O) groups excluding carboxylic acids is 1. The Labute approximate surface area is 170 Å². The van der Waals surface area contributed by atoms with E-state index in [4.69, 9.17) is 14.6 Å². The quantitative estimate of drug-likeness (QED) is 0.761. The number of nitrogens with two attached hydrogens (primary N) is 1. The summed E-state index contributed by atoms with van der Waals surface area (Å²) in [7, 11) is -1.29. The lowest BCUT2D eigenvalue weighted by Crippen LogP contribution is -2.49. The number of carbonyl (C=O) groups is 1. The molecule has 0 saturated carbocycles. The van der Waals surface area contributed by atoms with Gasteiger partial charge >= 0.3 is 16.3 Å². The average Bonchev–Trinajstić information content (AvgIpc) is 2.72. The van der Waals surface area contributed by atoms with Gasteiger partial charge in [-0.2, -0.15) is 13.6 Å². The van der Waals surface area contributed by atoms with Crippen LogP contribution in [0.2, 0.25) is 0 Å². The number of piperidine rings is 1. The van der Waals surface area contributed by atoms with Gasteiger partial charge in [0.15, 0.2) is 0 Å². The van der Waals surface area contributed by atoms with Crippen molar-refractivity contribution in [1.82, 2.24) is 0 Å². The van der Waals surface area contributed by atoms with Crippen LogP contribution in [0.25, 0.3) is 0 Å². The highest BCUT2D eigenvalue weighted by molar-refractivity contribution is 7.84. The smallest absolute Gasteiger partial charge is 0.382 e. The van der Waals surface area contributed by atoms with Crippen molar-refractivity contribution in [3.63, 3.8) is 0 Å². The number of nitrogens with zero attached hydrogens (tertiary/aromatic N) is 1. The molecule has 0 unspecified atom stereocenters. The fraction of sp³-hybridized carbons (Fsp3) is 0.350. The van der Waals surface area contributed by atoms with Gasteiger partial charge in [0, 0.05) is 13.1 Å². The van der Waals surface area contributed by atoms with Gasteiger partial charge in [0.1, 0.15) is 11.5 Å². The van der Waals surface area contributed by atoms with E-state index in [1.165, 1.54) is 7.11 Å². The highest BCUT2D eigenvalue weighted by Crippen LogP contribution is 2.41. The number of anilines is 1. The maximum atomic E-state index is 12.9. The van der Waals surface area contributed by atoms with Crippen molar-refractivity contribution in [3.8, 4) is 11.5 Å². The Bertz CT molecular complexity index is 984. The second-order valence-electron chi connectivity index (χ2n) is 6.84. The summed E-state index contributed by atoms with van der Waals surface area (Å²) in [5.41, 5.74) is 0.388. The Morgan fingerprint density at radius 1 is 1.03 bits per heavy atom. The molecule has 9 heteroatoms. The molecule has 156 valence electrons. The molecule has 1 aliphatic rings. The predicted molar refractivity (Wildman–Crippen MR) is 108 cm³/mol. The maximum absolute atomic E-state index is 12.9. The third-order valence-corrected chi connectivity index (χ3v) is 5.63. The van der Waals surface area contributed by atoms with Crippen LogP contribution >= 0.6 is 0 Å². The van der Waals surface area contributed by atoms with Gasteiger partial charge in [0.25, 0.3) is 0 Å². The van der Waals surface area contributed by atoms with Crippen LogP contribution in [-0.4, -0.2) is 41.7 Å². The van der Waals surface area contributed by atoms with Crippen LogP contribution < -0.4 is 19.5 Å². The van der Waals surface area contributed by atoms with E-state index in [0.717, 1.165) is 11.4 Å². The Morgan fingerprint density at radius 2 is 1.72 bits per heavy atom. The number of para-hydroxylation sites is 2. The van der Waals surface area contributed by atoms with E-state index >= 15 is 0 Å². The zero-order valence-corrected chi connectivity index (χ0v) is 17.1. The Kier molecular flexibility index (Phi) is 5.99. The molecule has 1 saturated heterocycles. The van der Waals surface area contributed by atoms with Gasteiger partial charge in [-0.1, -0.05) is 24.3 Å². The van der Waals surface area contributed by atoms with Crippen molar-refractivity contribution in [2.75, 3.05) is 32.2 Å². The standard InChI is InChI=1S/C20H24N2O6S/c1-26-16-7-5-6-15(14-16)20(19(23)28-29(21,24)25)10-12-22(13-11-20)17-8-3-4-9-18(17)27-2/h3-9,14H,10-13H2,1-2H3,(H2,21,24,25). The minimum absolute atomic E-state index is 0.340. The van der Waals surface area contributed by atoms with Gasteiger partial charge in [0.2, 0.25) is 0 Å². The monoisotopic (exact) mass is 420 g/mol. The molecule has 1 heterocycles. The van der Waals surface area contributed by atoms with Crippen LogP contribution in [0, 0.1) is 0 Å². The van der Waals surface area contributed by atoms with E-state index in [1.807, 2.05) is 24.3 Å². The number of hydrogen-bond donors (Lipinski definition) is 1. The van der Waals surface area contributed by atoms with Gasteiger partial charge in [-0.15, -0.1) is 0 Å². The van der Waals surface area contributed by atoms with E-state index < -0.39 is 21.7 Å². The molecule has 1 aliphatic heterocycles. The third kappa shape index (κ3) is 4.46. The lowest BCUT2D eigenvalue weighted by molar-refractivity contribution is -0.141. The molecular formula is C20H24N2O6S. The van der Waals surface area contributed by atoms with Gasteiger partial charge in [-0.25, -0.2) is 4.79 Å². The molecule has 3 rings (SSSR count). The van der Waals surface area contributed by atoms with Gasteiger partial charge in [0.05, 0.1) is 25.3 Å². The van der Waals surface area contributed by atoms with E-state index in [2.05, 4.69) is 9.08 Å². The van der Waals surface area contributed by atoms with Crippen molar-refractivity contribution >= 4 is 22.0 Å². The molecule has 0 radical (unpaired) electrons. The lowest BCUT2D eigenvalue weighted by atomic mass is 9.72. The maximum Gasteiger partial charge on any atom is 0.382 e. The largest absolute Gasteiger partial charge is 0.497 e. The predicted octanol–water partition coefficient (Wildman–Crippen LogP) is 1.99. The highest BCUT2D eigenvalue weighted by atomic mass is 32.2. The van der Waals surface area contributed by atoms with Crippen molar-refractivity contribution in [3.05, 3.63) is 54.1 Å². The number of ether oxygens (including phenoxy) is 2. The van der Waals surface area contributed by atoms with Crippen molar-refractivity contribution in [1.29, 1.82) is 0 Å². The summed E-state index contributed by atoms with van der Waals surface area (Å²) in [4.78, 5) is 15.0. The van der Waals surface area contributed by atoms with Crippen molar-refractivity contribution in [2.45, 2.75) is 18.3 Å². The summed E-state index contributed by atoms with van der Waals surface area (Å²) in [5.74, 6) is 0.416. The molecule has 29 heavy (non-hydrogen) atoms. The number of methoxy groups -OCH3 is 2. The van der Waals surface area contributed by atoms with Gasteiger partial charge in [-0.05, 0) is 42.7 Å². The van der Waals surface area contributed by atoms with Crippen LogP contribution in [0.4, 0.5) is 5.69 Å². The third-order valence-electron chi connectivity index (χ3n) is 5.25. The average molecular weight is 420 g/mol. The molecule has 8 nitrogen and oxygen atoms in total. The molecular weight excluding hydrogens is 396 g/mol. The number of hydrogen-bond acceptors (Lipinski definition) is 7. The minimum Gasteiger partial charge on any atom is -0.497 e. The fourth-order valence-corrected chi connectivity index (χ4v) is 4.11. The summed E-state index contributed by atoms with van der Waals surface area (Å²) in [5, 5.41) is 4.97. The topological polar surface area (TPSA) is 108 Å². The second kappa shape index (κ2) is 8.30. The van der Waals surface area contributed by atoms with E-state index in [0.29, 0.717) is 37.2 Å². The SMILES string of the molecule is COc1cccc(C2(C(=O)OS(N)(=O)=O)CCN(c3ccccc3OC)CC2)c1. The van der Waals surface area contributed by atoms with E-state index in [-0.39, 0.29) is 0 Å². The minimum atomic E-state index is -4.43. The van der Waals surface area contributed by atoms with Gasteiger partial charge < -0.3 is 18.6 Å². The number of rotatable bonds is 6. The first kappa shape index (κ1) is 20.9. The summed E-state index contributed by atoms with van der Waals surface area (Å²) < 4.78 is 38.2. The second-order valence-corrected chi connectivity index (χ2v) is 7.99. The Hall–Kier alpha value is -2.78. The zero-order chi connectivity index (χ0) is 21.1. The van der Waals surface area contributed by atoms with E-state index in [1.54, 1.807) is 31.4 Å². The molecule has 0 bridgehead atoms. The number of benzene rings is 2. The lowest BCUT2D eigenvalue weighted by Gasteiger charge is -2.41. The summed E-state index contributed by atoms with van der Waals surface area (Å²) >= 11 is 0. The van der Waals surface area contributed by atoms with Crippen LogP contribution in [0.1, 0.15) is 18.4 Å². The summed E-state index contributed by atoms with van der Waals surface area (Å²) in [6, 6.07) is 14.6. The molecule has 2 aromatic carbocycles. The highest BCUT2D eigenvalue weighted by Gasteiger charge is 2.46. The molecule has 1 fully saturated rings. The van der Waals surface area contributed by atoms with Crippen molar-refractivity contribution in [2.24, 2.45) is 5.14 Å². The van der Waals surface area contributed by atoms with E-state index in [9.17, 15) is 13.2 Å². The van der Waals surface area contributed by atoms with Crippen LogP contribution in [-0.2, 0) is 24.7 Å². The zero-order valence-electron chi connectivity index (χ0n) is 16.3. The van der Waals surface area contributed by atoms with Gasteiger partial charge in [-0.3, -0.25) is 0 Å². The molecule has 0 aromatic heterocycles. The molecule has 0 spiro atoms. The molecule has 2 N–H and O–H groups in total. The summed E-state index contributed by atoms with van der Waals surface area (Å²) in [6.45, 7) is 0.995. The molecule has 0 atom stereocenters. The molecule has 0 aliphatic carbocycles. The fourth-order valence-electron chi connectivity index (χ4n) is 3.74. The first-order chi connectivity index (χ1) is 13.8. The molecule has 2 aromatic rings.